The number of hydrogen-bond acceptors (Lipinski definition) is 5. The van der Waals surface area contributed by atoms with Crippen LogP contribution in [0.5, 0.6) is 0 Å². The van der Waals surface area contributed by atoms with Crippen LogP contribution in [0.25, 0.3) is 11.1 Å². The monoisotopic (exact) mass is 275 g/mol. The minimum atomic E-state index is -0.0259. The first-order valence-electron chi connectivity index (χ1n) is 6.71. The Hall–Kier alpha value is -1.95. The molecule has 2 aromatic heterocycles. The molecule has 6 heteroatoms. The molecule has 3 rings (SSSR count). The number of carbonyl (C=O) groups excluding carboxylic acids is 1. The minimum absolute atomic E-state index is 0.0259. The molecule has 20 heavy (non-hydrogen) atoms. The van der Waals surface area contributed by atoms with Gasteiger partial charge >= 0.3 is 0 Å². The zero-order valence-corrected chi connectivity index (χ0v) is 11.8. The molecule has 2 aromatic rings. The van der Waals surface area contributed by atoms with Crippen LogP contribution >= 0.6 is 0 Å². The van der Waals surface area contributed by atoms with E-state index in [4.69, 9.17) is 9.26 Å². The van der Waals surface area contributed by atoms with E-state index in [0.717, 1.165) is 11.1 Å². The van der Waals surface area contributed by atoms with Gasteiger partial charge in [-0.15, -0.1) is 0 Å². The number of fused-ring (bicyclic) bond motifs is 1. The lowest BCUT2D eigenvalue weighted by Gasteiger charge is -2.35. The third kappa shape index (κ3) is 2.27. The molecular weight excluding hydrogens is 258 g/mol. The summed E-state index contributed by atoms with van der Waals surface area (Å²) in [5.41, 5.74) is 1.76. The Kier molecular flexibility index (Phi) is 3.17. The number of aryl methyl sites for hydroxylation is 1. The number of amides is 1. The lowest BCUT2D eigenvalue weighted by Crippen LogP contribution is -2.48. The normalized spacial score (nSPS) is 23.2. The average Bonchev–Trinajstić information content (AvgIpc) is 2.78. The lowest BCUT2D eigenvalue weighted by molar-refractivity contribution is -0.0586. The number of hydrogen-bond donors (Lipinski definition) is 0. The third-order valence-electron chi connectivity index (χ3n) is 3.46. The highest BCUT2D eigenvalue weighted by atomic mass is 16.5. The Balaban J connectivity index is 1.89. The van der Waals surface area contributed by atoms with Crippen molar-refractivity contribution < 1.29 is 14.1 Å². The van der Waals surface area contributed by atoms with Crippen molar-refractivity contribution in [3.05, 3.63) is 23.5 Å². The predicted octanol–water partition coefficient (Wildman–Crippen LogP) is 1.78. The van der Waals surface area contributed by atoms with Gasteiger partial charge < -0.3 is 14.2 Å². The van der Waals surface area contributed by atoms with Crippen LogP contribution in [-0.2, 0) is 4.74 Å². The highest BCUT2D eigenvalue weighted by Gasteiger charge is 2.27. The molecule has 1 aliphatic heterocycles. The van der Waals surface area contributed by atoms with Gasteiger partial charge in [-0.25, -0.2) is 4.98 Å². The van der Waals surface area contributed by atoms with E-state index in [0.29, 0.717) is 24.4 Å². The SMILES string of the molecule is Cc1noc2ncc(C(=O)N3C[C@@H](C)O[C@H](C)C3)cc12. The van der Waals surface area contributed by atoms with Gasteiger partial charge in [0.1, 0.15) is 0 Å². The number of pyridine rings is 1. The zero-order valence-electron chi connectivity index (χ0n) is 11.8. The van der Waals surface area contributed by atoms with Crippen molar-refractivity contribution in [2.45, 2.75) is 33.0 Å². The molecule has 106 valence electrons. The summed E-state index contributed by atoms with van der Waals surface area (Å²) in [6.45, 7) is 6.98. The van der Waals surface area contributed by atoms with Crippen molar-refractivity contribution in [3.8, 4) is 0 Å². The first kappa shape index (κ1) is 13.1. The van der Waals surface area contributed by atoms with E-state index in [2.05, 4.69) is 10.1 Å². The van der Waals surface area contributed by atoms with E-state index < -0.39 is 0 Å². The maximum absolute atomic E-state index is 12.5. The smallest absolute Gasteiger partial charge is 0.257 e. The molecule has 0 bridgehead atoms. The summed E-state index contributed by atoms with van der Waals surface area (Å²) in [7, 11) is 0. The molecule has 0 aromatic carbocycles. The van der Waals surface area contributed by atoms with Crippen molar-refractivity contribution in [2.24, 2.45) is 0 Å². The average molecular weight is 275 g/mol. The van der Waals surface area contributed by atoms with Gasteiger partial charge in [0.2, 0.25) is 0 Å². The van der Waals surface area contributed by atoms with Gasteiger partial charge in [-0.1, -0.05) is 5.16 Å². The van der Waals surface area contributed by atoms with E-state index in [1.54, 1.807) is 12.3 Å². The van der Waals surface area contributed by atoms with E-state index in [-0.39, 0.29) is 18.1 Å². The van der Waals surface area contributed by atoms with Crippen LogP contribution in [0.2, 0.25) is 0 Å². The highest BCUT2D eigenvalue weighted by Crippen LogP contribution is 2.19. The van der Waals surface area contributed by atoms with Crippen LogP contribution < -0.4 is 0 Å². The molecule has 0 saturated carbocycles. The maximum atomic E-state index is 12.5. The summed E-state index contributed by atoms with van der Waals surface area (Å²) in [6, 6.07) is 1.79. The summed E-state index contributed by atoms with van der Waals surface area (Å²) < 4.78 is 10.7. The molecule has 6 nitrogen and oxygen atoms in total. The molecule has 3 heterocycles. The van der Waals surface area contributed by atoms with Crippen molar-refractivity contribution in [3.63, 3.8) is 0 Å². The van der Waals surface area contributed by atoms with Crippen LogP contribution in [-0.4, -0.2) is 46.2 Å². The Morgan fingerprint density at radius 2 is 2.05 bits per heavy atom. The molecule has 0 aliphatic carbocycles. The topological polar surface area (TPSA) is 68.5 Å². The molecule has 0 N–H and O–H groups in total. The number of aromatic nitrogens is 2. The van der Waals surface area contributed by atoms with Crippen LogP contribution in [0.3, 0.4) is 0 Å². The molecule has 1 fully saturated rings. The molecule has 1 amide bonds. The number of carbonyl (C=O) groups is 1. The Morgan fingerprint density at radius 3 is 2.75 bits per heavy atom. The molecule has 0 unspecified atom stereocenters. The lowest BCUT2D eigenvalue weighted by atomic mass is 10.1. The van der Waals surface area contributed by atoms with Crippen LogP contribution in [0, 0.1) is 6.92 Å². The van der Waals surface area contributed by atoms with Gasteiger partial charge in [-0.3, -0.25) is 4.79 Å². The van der Waals surface area contributed by atoms with Crippen molar-refractivity contribution in [2.75, 3.05) is 13.1 Å². The highest BCUT2D eigenvalue weighted by molar-refractivity contribution is 5.97. The van der Waals surface area contributed by atoms with Crippen molar-refractivity contribution >= 4 is 17.0 Å². The molecular formula is C14H17N3O3. The minimum Gasteiger partial charge on any atom is -0.372 e. The quantitative estimate of drug-likeness (QED) is 0.793. The first-order chi connectivity index (χ1) is 9.54. The summed E-state index contributed by atoms with van der Waals surface area (Å²) in [5, 5.41) is 4.63. The van der Waals surface area contributed by atoms with Crippen LogP contribution in [0.1, 0.15) is 29.9 Å². The van der Waals surface area contributed by atoms with Gasteiger partial charge in [-0.2, -0.15) is 0 Å². The maximum Gasteiger partial charge on any atom is 0.257 e. The van der Waals surface area contributed by atoms with Crippen molar-refractivity contribution in [1.29, 1.82) is 0 Å². The Labute approximate surface area is 116 Å². The number of nitrogens with zero attached hydrogens (tertiary/aromatic N) is 3. The van der Waals surface area contributed by atoms with Crippen LogP contribution in [0.15, 0.2) is 16.8 Å². The predicted molar refractivity (Wildman–Crippen MR) is 72.5 cm³/mol. The van der Waals surface area contributed by atoms with E-state index in [9.17, 15) is 4.79 Å². The molecule has 0 spiro atoms. The van der Waals surface area contributed by atoms with Crippen molar-refractivity contribution in [1.82, 2.24) is 15.0 Å². The summed E-state index contributed by atoms with van der Waals surface area (Å²) in [6.07, 6.45) is 1.65. The number of rotatable bonds is 1. The van der Waals surface area contributed by atoms with E-state index in [1.807, 2.05) is 25.7 Å². The Morgan fingerprint density at radius 1 is 1.35 bits per heavy atom. The molecule has 1 aliphatic rings. The fraction of sp³-hybridized carbons (Fsp3) is 0.500. The summed E-state index contributed by atoms with van der Waals surface area (Å²) in [4.78, 5) is 18.5. The van der Waals surface area contributed by atoms with E-state index >= 15 is 0 Å². The molecule has 1 saturated heterocycles. The zero-order chi connectivity index (χ0) is 14.3. The van der Waals surface area contributed by atoms with Gasteiger partial charge in [0.05, 0.1) is 28.9 Å². The van der Waals surface area contributed by atoms with Gasteiger partial charge in [0.15, 0.2) is 0 Å². The van der Waals surface area contributed by atoms with Gasteiger partial charge in [0, 0.05) is 19.3 Å². The number of morpholine rings is 1. The largest absolute Gasteiger partial charge is 0.372 e. The first-order valence-corrected chi connectivity index (χ1v) is 6.71. The summed E-state index contributed by atoms with van der Waals surface area (Å²) >= 11 is 0. The van der Waals surface area contributed by atoms with E-state index in [1.165, 1.54) is 0 Å². The second-order valence-corrected chi connectivity index (χ2v) is 5.31. The Bertz CT molecular complexity index is 642. The molecule has 0 radical (unpaired) electrons. The van der Waals surface area contributed by atoms with Crippen LogP contribution in [0.4, 0.5) is 0 Å². The van der Waals surface area contributed by atoms with Gasteiger partial charge in [0.25, 0.3) is 11.6 Å². The fourth-order valence-corrected chi connectivity index (χ4v) is 2.59. The third-order valence-corrected chi connectivity index (χ3v) is 3.46. The molecule has 2 atom stereocenters. The second-order valence-electron chi connectivity index (χ2n) is 5.31. The standard InChI is InChI=1S/C14H17N3O3/c1-8-6-17(7-9(2)19-8)14(18)11-4-12-10(3)16-20-13(12)15-5-11/h4-5,8-9H,6-7H2,1-3H3/t8-,9-/m1/s1. The number of ether oxygens (including phenoxy) is 1. The van der Waals surface area contributed by atoms with Gasteiger partial charge in [-0.05, 0) is 26.8 Å². The fourth-order valence-electron chi connectivity index (χ4n) is 2.59. The summed E-state index contributed by atoms with van der Waals surface area (Å²) in [5.74, 6) is -0.0259. The second kappa shape index (κ2) is 4.86.